The van der Waals surface area contributed by atoms with E-state index in [1.807, 2.05) is 24.4 Å². The van der Waals surface area contributed by atoms with E-state index in [1.54, 1.807) is 0 Å². The maximum atomic E-state index is 6.14. The fourth-order valence-electron chi connectivity index (χ4n) is 2.88. The van der Waals surface area contributed by atoms with Crippen molar-refractivity contribution in [2.75, 3.05) is 24.6 Å². The van der Waals surface area contributed by atoms with Crippen LogP contribution < -0.4 is 4.90 Å². The van der Waals surface area contributed by atoms with Gasteiger partial charge in [0.15, 0.2) is 5.82 Å². The second kappa shape index (κ2) is 6.02. The van der Waals surface area contributed by atoms with Crippen molar-refractivity contribution in [1.29, 1.82) is 0 Å². The summed E-state index contributed by atoms with van der Waals surface area (Å²) in [6.07, 6.45) is 4.54. The topological polar surface area (TPSA) is 29.8 Å². The number of rotatable bonds is 4. The molecule has 0 atom stereocenters. The van der Waals surface area contributed by atoms with Crippen LogP contribution in [0.4, 0.5) is 5.82 Å². The lowest BCUT2D eigenvalue weighted by atomic mass is 10.1. The standard InChI is InChI=1S/C15H20ClN3O/c1-2-20-12-6-9-18(10-7-12)15-13(11-16)19-8-4-3-5-14(19)17-15/h3-5,8,12H,2,6-7,9-11H2,1H3. The van der Waals surface area contributed by atoms with E-state index < -0.39 is 0 Å². The summed E-state index contributed by atoms with van der Waals surface area (Å²) in [5.41, 5.74) is 2.04. The van der Waals surface area contributed by atoms with Crippen molar-refractivity contribution >= 4 is 23.1 Å². The summed E-state index contributed by atoms with van der Waals surface area (Å²) in [5, 5.41) is 0. The van der Waals surface area contributed by atoms with Crippen molar-refractivity contribution < 1.29 is 4.74 Å². The third kappa shape index (κ3) is 2.50. The first kappa shape index (κ1) is 13.7. The van der Waals surface area contributed by atoms with Gasteiger partial charge in [0.25, 0.3) is 0 Å². The first-order valence-electron chi connectivity index (χ1n) is 7.22. The Labute approximate surface area is 124 Å². The highest BCUT2D eigenvalue weighted by molar-refractivity contribution is 6.17. The molecule has 0 N–H and O–H groups in total. The molecule has 2 aromatic heterocycles. The van der Waals surface area contributed by atoms with Crippen LogP contribution in [0.25, 0.3) is 5.65 Å². The number of anilines is 1. The lowest BCUT2D eigenvalue weighted by Crippen LogP contribution is -2.37. The van der Waals surface area contributed by atoms with Gasteiger partial charge in [-0.1, -0.05) is 6.07 Å². The van der Waals surface area contributed by atoms with Crippen LogP contribution in [0.2, 0.25) is 0 Å². The van der Waals surface area contributed by atoms with Gasteiger partial charge in [-0.15, -0.1) is 11.6 Å². The maximum Gasteiger partial charge on any atom is 0.152 e. The lowest BCUT2D eigenvalue weighted by molar-refractivity contribution is 0.0458. The van der Waals surface area contributed by atoms with Gasteiger partial charge in [0, 0.05) is 25.9 Å². The van der Waals surface area contributed by atoms with Gasteiger partial charge in [0.05, 0.1) is 17.7 Å². The molecule has 0 aromatic carbocycles. The van der Waals surface area contributed by atoms with Gasteiger partial charge in [-0.3, -0.25) is 0 Å². The Morgan fingerprint density at radius 2 is 2.15 bits per heavy atom. The average Bonchev–Trinajstić information content (AvgIpc) is 2.87. The van der Waals surface area contributed by atoms with Crippen LogP contribution in [0.1, 0.15) is 25.5 Å². The smallest absolute Gasteiger partial charge is 0.152 e. The molecule has 4 nitrogen and oxygen atoms in total. The minimum absolute atomic E-state index is 0.396. The number of imidazole rings is 1. The van der Waals surface area contributed by atoms with Crippen molar-refractivity contribution in [2.24, 2.45) is 0 Å². The highest BCUT2D eigenvalue weighted by atomic mass is 35.5. The molecule has 1 aliphatic rings. The molecule has 20 heavy (non-hydrogen) atoms. The molecule has 0 spiro atoms. The quantitative estimate of drug-likeness (QED) is 0.812. The van der Waals surface area contributed by atoms with E-state index in [-0.39, 0.29) is 0 Å². The summed E-state index contributed by atoms with van der Waals surface area (Å²) in [7, 11) is 0. The van der Waals surface area contributed by atoms with Crippen molar-refractivity contribution in [3.05, 3.63) is 30.1 Å². The van der Waals surface area contributed by atoms with Crippen molar-refractivity contribution in [1.82, 2.24) is 9.38 Å². The molecule has 108 valence electrons. The molecule has 3 heterocycles. The zero-order valence-electron chi connectivity index (χ0n) is 11.8. The molecule has 3 rings (SSSR count). The molecule has 1 aliphatic heterocycles. The number of hydrogen-bond donors (Lipinski definition) is 0. The molecule has 2 aromatic rings. The van der Waals surface area contributed by atoms with Crippen LogP contribution in [0.5, 0.6) is 0 Å². The van der Waals surface area contributed by atoms with Gasteiger partial charge in [-0.25, -0.2) is 4.98 Å². The largest absolute Gasteiger partial charge is 0.378 e. The fourth-order valence-corrected chi connectivity index (χ4v) is 3.13. The number of fused-ring (bicyclic) bond motifs is 1. The van der Waals surface area contributed by atoms with E-state index in [9.17, 15) is 0 Å². The van der Waals surface area contributed by atoms with Crippen molar-refractivity contribution in [3.63, 3.8) is 0 Å². The number of nitrogens with zero attached hydrogens (tertiary/aromatic N) is 3. The molecule has 1 saturated heterocycles. The fraction of sp³-hybridized carbons (Fsp3) is 0.533. The summed E-state index contributed by atoms with van der Waals surface area (Å²) >= 11 is 6.14. The Kier molecular flexibility index (Phi) is 4.13. The van der Waals surface area contributed by atoms with Crippen LogP contribution in [-0.4, -0.2) is 35.2 Å². The van der Waals surface area contributed by atoms with Gasteiger partial charge in [-0.05, 0) is 31.9 Å². The number of hydrogen-bond acceptors (Lipinski definition) is 3. The Morgan fingerprint density at radius 1 is 1.35 bits per heavy atom. The third-order valence-corrected chi connectivity index (χ3v) is 4.13. The van der Waals surface area contributed by atoms with E-state index in [2.05, 4.69) is 16.2 Å². The molecule has 0 aliphatic carbocycles. The number of pyridine rings is 1. The van der Waals surface area contributed by atoms with Gasteiger partial charge in [-0.2, -0.15) is 0 Å². The minimum atomic E-state index is 0.396. The number of alkyl halides is 1. The normalized spacial score (nSPS) is 17.0. The molecular formula is C15H20ClN3O. The highest BCUT2D eigenvalue weighted by Gasteiger charge is 2.23. The summed E-state index contributed by atoms with van der Waals surface area (Å²) in [4.78, 5) is 7.08. The molecule has 0 unspecified atom stereocenters. The maximum absolute atomic E-state index is 6.14. The van der Waals surface area contributed by atoms with Crippen LogP contribution in [0.15, 0.2) is 24.4 Å². The Morgan fingerprint density at radius 3 is 2.85 bits per heavy atom. The number of ether oxygens (including phenoxy) is 1. The van der Waals surface area contributed by atoms with E-state index >= 15 is 0 Å². The van der Waals surface area contributed by atoms with E-state index in [0.29, 0.717) is 12.0 Å². The minimum Gasteiger partial charge on any atom is -0.378 e. The van der Waals surface area contributed by atoms with Gasteiger partial charge < -0.3 is 14.0 Å². The Balaban J connectivity index is 1.84. The van der Waals surface area contributed by atoms with E-state index in [0.717, 1.165) is 49.7 Å². The molecule has 1 fully saturated rings. The number of aromatic nitrogens is 2. The Hall–Kier alpha value is -1.26. The predicted molar refractivity (Wildman–Crippen MR) is 81.6 cm³/mol. The third-order valence-electron chi connectivity index (χ3n) is 3.88. The second-order valence-corrected chi connectivity index (χ2v) is 5.35. The molecular weight excluding hydrogens is 274 g/mol. The number of halogens is 1. The number of piperidine rings is 1. The molecule has 0 radical (unpaired) electrons. The van der Waals surface area contributed by atoms with Crippen molar-refractivity contribution in [2.45, 2.75) is 31.7 Å². The summed E-state index contributed by atoms with van der Waals surface area (Å²) in [5.74, 6) is 1.51. The van der Waals surface area contributed by atoms with Crippen LogP contribution in [-0.2, 0) is 10.6 Å². The van der Waals surface area contributed by atoms with Gasteiger partial charge in [0.1, 0.15) is 5.65 Å². The first-order chi connectivity index (χ1) is 9.83. The summed E-state index contributed by atoms with van der Waals surface area (Å²) in [6, 6.07) is 6.04. The van der Waals surface area contributed by atoms with Gasteiger partial charge in [0.2, 0.25) is 0 Å². The molecule has 5 heteroatoms. The van der Waals surface area contributed by atoms with Crippen molar-refractivity contribution in [3.8, 4) is 0 Å². The summed E-state index contributed by atoms with van der Waals surface area (Å²) < 4.78 is 7.78. The van der Waals surface area contributed by atoms with E-state index in [4.69, 9.17) is 21.3 Å². The molecule has 0 bridgehead atoms. The molecule has 0 saturated carbocycles. The van der Waals surface area contributed by atoms with Gasteiger partial charge >= 0.3 is 0 Å². The van der Waals surface area contributed by atoms with E-state index in [1.165, 1.54) is 0 Å². The zero-order chi connectivity index (χ0) is 13.9. The van der Waals surface area contributed by atoms with Crippen LogP contribution in [0.3, 0.4) is 0 Å². The summed E-state index contributed by atoms with van der Waals surface area (Å²) in [6.45, 7) is 4.82. The second-order valence-electron chi connectivity index (χ2n) is 5.09. The predicted octanol–water partition coefficient (Wildman–Crippen LogP) is 3.08. The SMILES string of the molecule is CCOC1CCN(c2nc3ccccn3c2CCl)CC1. The lowest BCUT2D eigenvalue weighted by Gasteiger charge is -2.32. The molecule has 0 amide bonds. The highest BCUT2D eigenvalue weighted by Crippen LogP contribution is 2.26. The Bertz CT molecular complexity index is 576. The zero-order valence-corrected chi connectivity index (χ0v) is 12.5. The first-order valence-corrected chi connectivity index (χ1v) is 7.75. The van der Waals surface area contributed by atoms with Crippen LogP contribution >= 0.6 is 11.6 Å². The van der Waals surface area contributed by atoms with Crippen LogP contribution in [0, 0.1) is 0 Å². The average molecular weight is 294 g/mol. The monoisotopic (exact) mass is 293 g/mol.